The summed E-state index contributed by atoms with van der Waals surface area (Å²) in [6, 6.07) is 14.6. The van der Waals surface area contributed by atoms with Crippen molar-refractivity contribution < 1.29 is 24.2 Å². The lowest BCUT2D eigenvalue weighted by Crippen LogP contribution is -2.59. The van der Waals surface area contributed by atoms with Gasteiger partial charge < -0.3 is 14.7 Å². The van der Waals surface area contributed by atoms with Gasteiger partial charge in [-0.2, -0.15) is 0 Å². The van der Waals surface area contributed by atoms with Crippen molar-refractivity contribution in [3.05, 3.63) is 54.1 Å². The molecule has 0 saturated carbocycles. The minimum atomic E-state index is -1.70. The summed E-state index contributed by atoms with van der Waals surface area (Å²) in [6.45, 7) is 4.71. The molecule has 1 atom stereocenters. The van der Waals surface area contributed by atoms with Gasteiger partial charge in [-0.3, -0.25) is 14.4 Å². The highest BCUT2D eigenvalue weighted by molar-refractivity contribution is 6.15. The highest BCUT2D eigenvalue weighted by atomic mass is 16.5. The van der Waals surface area contributed by atoms with E-state index in [1.807, 2.05) is 43.3 Å². The van der Waals surface area contributed by atoms with Crippen molar-refractivity contribution in [2.45, 2.75) is 32.7 Å². The molecule has 29 heavy (non-hydrogen) atoms. The van der Waals surface area contributed by atoms with Crippen LogP contribution in [-0.2, 0) is 9.59 Å². The van der Waals surface area contributed by atoms with Crippen LogP contribution in [0.3, 0.4) is 0 Å². The van der Waals surface area contributed by atoms with Crippen LogP contribution < -0.4 is 4.74 Å². The van der Waals surface area contributed by atoms with Gasteiger partial charge in [0.05, 0.1) is 6.61 Å². The van der Waals surface area contributed by atoms with E-state index in [9.17, 15) is 19.5 Å². The van der Waals surface area contributed by atoms with E-state index in [-0.39, 0.29) is 6.42 Å². The third-order valence-corrected chi connectivity index (χ3v) is 5.16. The normalized spacial score (nSPS) is 12.7. The number of aliphatic hydroxyl groups excluding tert-OH is 1. The molecule has 2 rings (SSSR count). The largest absolute Gasteiger partial charge is 0.494 e. The molecule has 6 nitrogen and oxygen atoms in total. The van der Waals surface area contributed by atoms with Crippen LogP contribution in [0.25, 0.3) is 11.1 Å². The number of hydrogen-bond acceptors (Lipinski definition) is 5. The summed E-state index contributed by atoms with van der Waals surface area (Å²) in [5.74, 6) is -0.794. The Morgan fingerprint density at radius 2 is 1.45 bits per heavy atom. The number of aliphatic hydroxyl groups is 1. The van der Waals surface area contributed by atoms with Gasteiger partial charge in [0, 0.05) is 19.0 Å². The average molecular weight is 397 g/mol. The zero-order chi connectivity index (χ0) is 21.6. The lowest BCUT2D eigenvalue weighted by atomic mass is 9.87. The highest BCUT2D eigenvalue weighted by Gasteiger charge is 2.45. The molecule has 0 unspecified atom stereocenters. The molecule has 6 heteroatoms. The number of amides is 1. The van der Waals surface area contributed by atoms with E-state index in [2.05, 4.69) is 0 Å². The molecule has 1 amide bonds. The molecule has 2 aromatic rings. The second-order valence-corrected chi connectivity index (χ2v) is 6.83. The second-order valence-electron chi connectivity index (χ2n) is 6.83. The zero-order valence-corrected chi connectivity index (χ0v) is 17.3. The number of Topliss-reactive ketones (excluding diaryl/α,β-unsaturated/α-hetero) is 2. The molecule has 154 valence electrons. The predicted molar refractivity (Wildman–Crippen MR) is 111 cm³/mol. The first-order chi connectivity index (χ1) is 13.8. The molecule has 0 saturated heterocycles. The molecular weight excluding hydrogens is 370 g/mol. The molecule has 0 aliphatic carbocycles. The van der Waals surface area contributed by atoms with Crippen LogP contribution in [0.1, 0.15) is 37.6 Å². The van der Waals surface area contributed by atoms with Crippen molar-refractivity contribution in [3.8, 4) is 16.9 Å². The summed E-state index contributed by atoms with van der Waals surface area (Å²) in [7, 11) is 1.41. The summed E-state index contributed by atoms with van der Waals surface area (Å²) >= 11 is 0. The maximum atomic E-state index is 12.9. The van der Waals surface area contributed by atoms with Gasteiger partial charge in [0.15, 0.2) is 17.1 Å². The van der Waals surface area contributed by atoms with Crippen LogP contribution in [0, 0.1) is 0 Å². The standard InChI is InChI=1S/C23H27NO5/c1-5-20(26)23(3,21(27)15-25)24(4)22(28)18-9-7-16(8-10-18)17-11-13-19(14-12-17)29-6-2/h7-14,25H,5-6,15H2,1-4H3/t23-/m0/s1. The van der Waals surface area contributed by atoms with E-state index in [4.69, 9.17) is 4.74 Å². The molecule has 0 bridgehead atoms. The Morgan fingerprint density at radius 3 is 1.90 bits per heavy atom. The Labute approximate surface area is 171 Å². The molecule has 0 aliphatic heterocycles. The summed E-state index contributed by atoms with van der Waals surface area (Å²) in [5.41, 5.74) is 0.547. The van der Waals surface area contributed by atoms with Crippen molar-refractivity contribution in [3.63, 3.8) is 0 Å². The quantitative estimate of drug-likeness (QED) is 0.657. The number of carbonyl (C=O) groups is 3. The monoisotopic (exact) mass is 397 g/mol. The predicted octanol–water partition coefficient (Wildman–Crippen LogP) is 3.12. The van der Waals surface area contributed by atoms with Gasteiger partial charge in [-0.05, 0) is 49.2 Å². The Kier molecular flexibility index (Phi) is 7.29. The topological polar surface area (TPSA) is 83.9 Å². The average Bonchev–Trinajstić information content (AvgIpc) is 2.77. The van der Waals surface area contributed by atoms with Crippen LogP contribution >= 0.6 is 0 Å². The van der Waals surface area contributed by atoms with Gasteiger partial charge in [0.25, 0.3) is 5.91 Å². The molecule has 0 heterocycles. The molecule has 0 aromatic heterocycles. The fraction of sp³-hybridized carbons (Fsp3) is 0.348. The first kappa shape index (κ1) is 22.3. The highest BCUT2D eigenvalue weighted by Crippen LogP contribution is 2.25. The van der Waals surface area contributed by atoms with Crippen LogP contribution in [0.4, 0.5) is 0 Å². The van der Waals surface area contributed by atoms with Crippen LogP contribution in [-0.4, -0.2) is 53.3 Å². The van der Waals surface area contributed by atoms with Gasteiger partial charge in [0.2, 0.25) is 0 Å². The summed E-state index contributed by atoms with van der Waals surface area (Å²) in [4.78, 5) is 38.7. The number of likely N-dealkylation sites (N-methyl/N-ethyl adjacent to an activating group) is 1. The summed E-state index contributed by atoms with van der Waals surface area (Å²) in [6.07, 6.45) is 0.0799. The van der Waals surface area contributed by atoms with Crippen molar-refractivity contribution in [1.29, 1.82) is 0 Å². The molecule has 0 spiro atoms. The third kappa shape index (κ3) is 4.54. The third-order valence-electron chi connectivity index (χ3n) is 5.16. The lowest BCUT2D eigenvalue weighted by Gasteiger charge is -2.35. The SMILES string of the molecule is CCOc1ccc(-c2ccc(C(=O)N(C)[C@@](C)(C(=O)CC)C(=O)CO)cc2)cc1. The first-order valence-electron chi connectivity index (χ1n) is 9.58. The van der Waals surface area contributed by atoms with Crippen LogP contribution in [0.2, 0.25) is 0 Å². The van der Waals surface area contributed by atoms with Crippen LogP contribution in [0.15, 0.2) is 48.5 Å². The Hall–Kier alpha value is -2.99. The van der Waals surface area contributed by atoms with Crippen molar-refractivity contribution in [1.82, 2.24) is 4.90 Å². The molecule has 1 N–H and O–H groups in total. The molecular formula is C23H27NO5. The van der Waals surface area contributed by atoms with Crippen molar-refractivity contribution in [2.24, 2.45) is 0 Å². The maximum Gasteiger partial charge on any atom is 0.254 e. The Bertz CT molecular complexity index is 855. The Balaban J connectivity index is 2.26. The van der Waals surface area contributed by atoms with E-state index in [1.165, 1.54) is 14.0 Å². The molecule has 0 radical (unpaired) electrons. The van der Waals surface area contributed by atoms with Gasteiger partial charge in [0.1, 0.15) is 12.4 Å². The number of ether oxygens (including phenoxy) is 1. The zero-order valence-electron chi connectivity index (χ0n) is 17.3. The number of benzene rings is 2. The van der Waals surface area contributed by atoms with E-state index in [0.29, 0.717) is 12.2 Å². The van der Waals surface area contributed by atoms with Crippen molar-refractivity contribution >= 4 is 17.5 Å². The van der Waals surface area contributed by atoms with E-state index >= 15 is 0 Å². The fourth-order valence-electron chi connectivity index (χ4n) is 3.14. The second kappa shape index (κ2) is 9.47. The van der Waals surface area contributed by atoms with Gasteiger partial charge in [-0.25, -0.2) is 0 Å². The van der Waals surface area contributed by atoms with Gasteiger partial charge in [-0.15, -0.1) is 0 Å². The van der Waals surface area contributed by atoms with Gasteiger partial charge >= 0.3 is 0 Å². The number of ketones is 2. The summed E-state index contributed by atoms with van der Waals surface area (Å²) < 4.78 is 5.44. The van der Waals surface area contributed by atoms with Crippen molar-refractivity contribution in [2.75, 3.05) is 20.3 Å². The first-order valence-corrected chi connectivity index (χ1v) is 9.58. The van der Waals surface area contributed by atoms with E-state index in [1.54, 1.807) is 19.1 Å². The number of hydrogen-bond donors (Lipinski definition) is 1. The van der Waals surface area contributed by atoms with E-state index < -0.39 is 29.6 Å². The smallest absolute Gasteiger partial charge is 0.254 e. The number of nitrogens with zero attached hydrogens (tertiary/aromatic N) is 1. The summed E-state index contributed by atoms with van der Waals surface area (Å²) in [5, 5.41) is 9.28. The molecule has 2 aromatic carbocycles. The number of carbonyl (C=O) groups excluding carboxylic acids is 3. The van der Waals surface area contributed by atoms with E-state index in [0.717, 1.165) is 21.8 Å². The minimum Gasteiger partial charge on any atom is -0.494 e. The maximum absolute atomic E-state index is 12.9. The van der Waals surface area contributed by atoms with Crippen LogP contribution in [0.5, 0.6) is 5.75 Å². The molecule has 0 fully saturated rings. The minimum absolute atomic E-state index is 0.0799. The molecule has 0 aliphatic rings. The fourth-order valence-corrected chi connectivity index (χ4v) is 3.14. The van der Waals surface area contributed by atoms with Gasteiger partial charge in [-0.1, -0.05) is 31.2 Å². The lowest BCUT2D eigenvalue weighted by molar-refractivity contribution is -0.141. The number of rotatable bonds is 9. The Morgan fingerprint density at radius 1 is 0.931 bits per heavy atom.